The molecule has 0 N–H and O–H groups in total. The van der Waals surface area contributed by atoms with Gasteiger partial charge in [-0.2, -0.15) is 0 Å². The Morgan fingerprint density at radius 3 is 1.38 bits per heavy atom. The molecule has 0 spiro atoms. The molecule has 0 saturated heterocycles. The highest BCUT2D eigenvalue weighted by Crippen LogP contribution is 2.44. The van der Waals surface area contributed by atoms with E-state index in [-0.39, 0.29) is 45.5 Å². The van der Waals surface area contributed by atoms with Gasteiger partial charge in [-0.15, -0.1) is 0 Å². The van der Waals surface area contributed by atoms with Crippen LogP contribution in [0.15, 0.2) is 103 Å². The molecule has 232 valence electrons. The Bertz CT molecular complexity index is 1740. The van der Waals surface area contributed by atoms with Crippen LogP contribution < -0.4 is 18.9 Å². The molecule has 45 heavy (non-hydrogen) atoms. The highest BCUT2D eigenvalue weighted by Gasteiger charge is 2.23. The molecule has 0 fully saturated rings. The van der Waals surface area contributed by atoms with Crippen LogP contribution in [-0.2, 0) is 19.2 Å². The van der Waals surface area contributed by atoms with Gasteiger partial charge in [-0.05, 0) is 86.7 Å². The summed E-state index contributed by atoms with van der Waals surface area (Å²) in [6, 6.07) is 14.8. The van der Waals surface area contributed by atoms with Gasteiger partial charge in [-0.1, -0.05) is 58.4 Å². The van der Waals surface area contributed by atoms with Crippen molar-refractivity contribution in [3.8, 4) is 45.3 Å². The summed E-state index contributed by atoms with van der Waals surface area (Å²) in [5.74, 6) is -1.59. The molecule has 8 nitrogen and oxygen atoms in total. The van der Waals surface area contributed by atoms with Gasteiger partial charge in [0.15, 0.2) is 0 Å². The Kier molecular flexibility index (Phi) is 10.8. The van der Waals surface area contributed by atoms with Crippen LogP contribution in [0.1, 0.15) is 53.0 Å². The number of carbonyl (C=O) groups excluding carboxylic acids is 4. The number of hydrogen-bond donors (Lipinski definition) is 0. The van der Waals surface area contributed by atoms with Crippen molar-refractivity contribution in [1.82, 2.24) is 0 Å². The summed E-state index contributed by atoms with van der Waals surface area (Å²) in [5, 5.41) is 0. The Labute approximate surface area is 263 Å². The molecule has 8 heteroatoms. The number of rotatable bonds is 11. The first-order valence-corrected chi connectivity index (χ1v) is 14.0. The zero-order valence-corrected chi connectivity index (χ0v) is 26.4. The normalized spacial score (nSPS) is 10.5. The van der Waals surface area contributed by atoms with Crippen LogP contribution in [0.2, 0.25) is 0 Å². The van der Waals surface area contributed by atoms with Crippen molar-refractivity contribution in [2.75, 3.05) is 0 Å². The molecule has 0 amide bonds. The zero-order chi connectivity index (χ0) is 33.6. The van der Waals surface area contributed by atoms with E-state index in [1.54, 1.807) is 68.4 Å². The Morgan fingerprint density at radius 2 is 0.911 bits per heavy atom. The third-order valence-electron chi connectivity index (χ3n) is 6.40. The summed E-state index contributed by atoms with van der Waals surface area (Å²) in [5.41, 5.74) is 3.68. The van der Waals surface area contributed by atoms with E-state index in [0.717, 1.165) is 5.56 Å². The van der Waals surface area contributed by atoms with E-state index >= 15 is 0 Å². The maximum absolute atomic E-state index is 12.8. The lowest BCUT2D eigenvalue weighted by Gasteiger charge is -2.20. The lowest BCUT2D eigenvalue weighted by molar-refractivity contribution is -0.131. The lowest BCUT2D eigenvalue weighted by Crippen LogP contribution is -2.12. The summed E-state index contributed by atoms with van der Waals surface area (Å²) in [4.78, 5) is 49.8. The van der Waals surface area contributed by atoms with E-state index in [1.165, 1.54) is 13.8 Å². The molecule has 0 unspecified atom stereocenters. The van der Waals surface area contributed by atoms with E-state index in [0.29, 0.717) is 28.0 Å². The molecule has 0 aliphatic rings. The molecule has 0 radical (unpaired) electrons. The summed E-state index contributed by atoms with van der Waals surface area (Å²) in [7, 11) is 0. The predicted molar refractivity (Wildman–Crippen MR) is 173 cm³/mol. The molecule has 0 bridgehead atoms. The van der Waals surface area contributed by atoms with E-state index in [2.05, 4.69) is 26.3 Å². The fourth-order valence-corrected chi connectivity index (χ4v) is 3.96. The molecule has 0 aromatic heterocycles. The molecule has 0 aliphatic heterocycles. The molecule has 0 atom stereocenters. The van der Waals surface area contributed by atoms with Crippen LogP contribution in [0.4, 0.5) is 0 Å². The van der Waals surface area contributed by atoms with Gasteiger partial charge in [0, 0.05) is 33.4 Å². The Morgan fingerprint density at radius 1 is 0.511 bits per heavy atom. The average Bonchev–Trinajstić information content (AvgIpc) is 2.97. The van der Waals surface area contributed by atoms with E-state index in [9.17, 15) is 19.2 Å². The smallest absolute Gasteiger partial charge is 0.338 e. The fourth-order valence-electron chi connectivity index (χ4n) is 3.96. The Balaban J connectivity index is 2.29. The summed E-state index contributed by atoms with van der Waals surface area (Å²) in [6.45, 7) is 24.7. The quantitative estimate of drug-likeness (QED) is 0.122. The molecule has 0 aliphatic carbocycles. The standard InChI is InChI=1S/C37H36O8/c1-20(2)29-17-27(43-35(39)22(5)6)15-16-28(29)31-19-32(44-36(40)23(7)8)30(18-33(31)45-37(41)24(9)10)25-11-13-26(14-12-25)42-34(38)21(3)4/h11-20H,3,5,7,9H2,1-2,4,6,8,10H3. The zero-order valence-electron chi connectivity index (χ0n) is 26.4. The van der Waals surface area contributed by atoms with Gasteiger partial charge in [0.2, 0.25) is 0 Å². The molecule has 0 saturated carbocycles. The second-order valence-corrected chi connectivity index (χ2v) is 11.0. The van der Waals surface area contributed by atoms with Gasteiger partial charge < -0.3 is 18.9 Å². The highest BCUT2D eigenvalue weighted by atomic mass is 16.5. The minimum absolute atomic E-state index is 0.0660. The van der Waals surface area contributed by atoms with E-state index in [4.69, 9.17) is 18.9 Å². The van der Waals surface area contributed by atoms with Crippen LogP contribution in [0.5, 0.6) is 23.0 Å². The van der Waals surface area contributed by atoms with Gasteiger partial charge in [-0.25, -0.2) is 19.2 Å². The van der Waals surface area contributed by atoms with Crippen molar-refractivity contribution in [2.24, 2.45) is 0 Å². The second kappa shape index (κ2) is 14.3. The first kappa shape index (κ1) is 34.0. The summed E-state index contributed by atoms with van der Waals surface area (Å²) in [6.07, 6.45) is 0. The third kappa shape index (κ3) is 8.54. The molecular weight excluding hydrogens is 572 g/mol. The minimum atomic E-state index is -0.660. The highest BCUT2D eigenvalue weighted by molar-refractivity contribution is 5.94. The maximum atomic E-state index is 12.8. The second-order valence-electron chi connectivity index (χ2n) is 11.0. The number of benzene rings is 3. The summed E-state index contributed by atoms with van der Waals surface area (Å²) >= 11 is 0. The number of hydrogen-bond acceptors (Lipinski definition) is 8. The minimum Gasteiger partial charge on any atom is -0.423 e. The molecule has 3 aromatic carbocycles. The largest absolute Gasteiger partial charge is 0.423 e. The average molecular weight is 609 g/mol. The lowest BCUT2D eigenvalue weighted by atomic mass is 9.90. The van der Waals surface area contributed by atoms with Crippen LogP contribution in [0, 0.1) is 0 Å². The van der Waals surface area contributed by atoms with Gasteiger partial charge in [0.25, 0.3) is 0 Å². The predicted octanol–water partition coefficient (Wildman–Crippen LogP) is 8.07. The molecular formula is C37H36O8. The third-order valence-corrected chi connectivity index (χ3v) is 6.40. The SMILES string of the molecule is C=C(C)C(=O)Oc1ccc(-c2cc(OC(=O)C(=C)C)c(-c3ccc(OC(=O)C(=C)C)cc3C(C)C)cc2OC(=O)C(=C)C)cc1. The molecule has 3 aromatic rings. The van der Waals surface area contributed by atoms with Crippen molar-refractivity contribution in [2.45, 2.75) is 47.5 Å². The number of carbonyl (C=O) groups is 4. The topological polar surface area (TPSA) is 105 Å². The van der Waals surface area contributed by atoms with Crippen LogP contribution in [-0.4, -0.2) is 23.9 Å². The maximum Gasteiger partial charge on any atom is 0.338 e. The van der Waals surface area contributed by atoms with Crippen molar-refractivity contribution < 1.29 is 38.1 Å². The van der Waals surface area contributed by atoms with Gasteiger partial charge in [-0.3, -0.25) is 0 Å². The number of ether oxygens (including phenoxy) is 4. The van der Waals surface area contributed by atoms with Crippen molar-refractivity contribution >= 4 is 23.9 Å². The Hall–Kier alpha value is -5.50. The van der Waals surface area contributed by atoms with Gasteiger partial charge in [0.05, 0.1) is 0 Å². The molecule has 0 heterocycles. The fraction of sp³-hybridized carbons (Fsp3) is 0.189. The van der Waals surface area contributed by atoms with Crippen LogP contribution in [0.3, 0.4) is 0 Å². The van der Waals surface area contributed by atoms with Crippen molar-refractivity contribution in [3.63, 3.8) is 0 Å². The van der Waals surface area contributed by atoms with Crippen LogP contribution in [0.25, 0.3) is 22.3 Å². The molecule has 3 rings (SSSR count). The van der Waals surface area contributed by atoms with Crippen LogP contribution >= 0.6 is 0 Å². The monoisotopic (exact) mass is 608 g/mol. The van der Waals surface area contributed by atoms with E-state index < -0.39 is 23.9 Å². The van der Waals surface area contributed by atoms with Gasteiger partial charge in [0.1, 0.15) is 23.0 Å². The first-order chi connectivity index (χ1) is 21.1. The summed E-state index contributed by atoms with van der Waals surface area (Å²) < 4.78 is 22.4. The van der Waals surface area contributed by atoms with Crippen molar-refractivity contribution in [3.05, 3.63) is 109 Å². The first-order valence-electron chi connectivity index (χ1n) is 14.0. The van der Waals surface area contributed by atoms with E-state index in [1.807, 2.05) is 13.8 Å². The van der Waals surface area contributed by atoms with Crippen molar-refractivity contribution in [1.29, 1.82) is 0 Å². The number of esters is 4. The van der Waals surface area contributed by atoms with Gasteiger partial charge >= 0.3 is 23.9 Å².